The molecule has 3 nitrogen and oxygen atoms in total. The minimum Gasteiger partial charge on any atom is -0.310 e. The van der Waals surface area contributed by atoms with Crippen molar-refractivity contribution < 1.29 is 4.79 Å². The predicted octanol–water partition coefficient (Wildman–Crippen LogP) is 2.65. The molecule has 1 aliphatic rings. The SMILES string of the molecule is Cc1ccc(N2CC(C)(C)CNC(C)C2=O)c(C)c1. The number of nitrogens with one attached hydrogen (secondary N) is 1. The molecule has 19 heavy (non-hydrogen) atoms. The fourth-order valence-corrected chi connectivity index (χ4v) is 2.62. The van der Waals surface area contributed by atoms with Gasteiger partial charge in [-0.1, -0.05) is 31.5 Å². The Hall–Kier alpha value is -1.35. The summed E-state index contributed by atoms with van der Waals surface area (Å²) in [7, 11) is 0. The summed E-state index contributed by atoms with van der Waals surface area (Å²) in [5.41, 5.74) is 3.52. The topological polar surface area (TPSA) is 32.3 Å². The number of amides is 1. The second-order valence-corrected chi connectivity index (χ2v) is 6.48. The molecule has 1 fully saturated rings. The number of carbonyl (C=O) groups excluding carboxylic acids is 1. The fourth-order valence-electron chi connectivity index (χ4n) is 2.62. The highest BCUT2D eigenvalue weighted by Gasteiger charge is 2.33. The molecule has 0 aliphatic carbocycles. The lowest BCUT2D eigenvalue weighted by molar-refractivity contribution is -0.119. The van der Waals surface area contributed by atoms with Crippen molar-refractivity contribution in [2.24, 2.45) is 5.41 Å². The summed E-state index contributed by atoms with van der Waals surface area (Å²) in [6.45, 7) is 12.1. The highest BCUT2D eigenvalue weighted by Crippen LogP contribution is 2.28. The van der Waals surface area contributed by atoms with Crippen molar-refractivity contribution in [3.05, 3.63) is 29.3 Å². The summed E-state index contributed by atoms with van der Waals surface area (Å²) in [4.78, 5) is 14.5. The molecular formula is C16H24N2O. The monoisotopic (exact) mass is 260 g/mol. The number of nitrogens with zero attached hydrogens (tertiary/aromatic N) is 1. The zero-order chi connectivity index (χ0) is 14.2. The van der Waals surface area contributed by atoms with Gasteiger partial charge in [0.15, 0.2) is 0 Å². The molecule has 0 radical (unpaired) electrons. The van der Waals surface area contributed by atoms with Crippen molar-refractivity contribution in [2.75, 3.05) is 18.0 Å². The van der Waals surface area contributed by atoms with E-state index in [1.54, 1.807) is 0 Å². The lowest BCUT2D eigenvalue weighted by atomic mass is 9.93. The van der Waals surface area contributed by atoms with Crippen molar-refractivity contribution in [3.63, 3.8) is 0 Å². The summed E-state index contributed by atoms with van der Waals surface area (Å²) in [5.74, 6) is 0.164. The van der Waals surface area contributed by atoms with Crippen molar-refractivity contribution in [2.45, 2.75) is 40.7 Å². The van der Waals surface area contributed by atoms with Crippen LogP contribution in [-0.4, -0.2) is 25.0 Å². The summed E-state index contributed by atoms with van der Waals surface area (Å²) < 4.78 is 0. The third-order valence-corrected chi connectivity index (χ3v) is 3.75. The number of anilines is 1. The molecule has 1 unspecified atom stereocenters. The van der Waals surface area contributed by atoms with Gasteiger partial charge in [0.25, 0.3) is 0 Å². The molecule has 0 saturated carbocycles. The van der Waals surface area contributed by atoms with Gasteiger partial charge in [-0.3, -0.25) is 4.79 Å². The van der Waals surface area contributed by atoms with E-state index in [2.05, 4.69) is 51.2 Å². The van der Waals surface area contributed by atoms with Gasteiger partial charge >= 0.3 is 0 Å². The Morgan fingerprint density at radius 1 is 1.32 bits per heavy atom. The lowest BCUT2D eigenvalue weighted by Gasteiger charge is -2.30. The maximum atomic E-state index is 12.5. The standard InChI is InChI=1S/C16H24N2O/c1-11-6-7-14(12(2)8-11)18-10-16(4,5)9-17-13(3)15(18)19/h6-8,13,17H,9-10H2,1-5H3. The van der Waals surface area contributed by atoms with Crippen LogP contribution in [0.5, 0.6) is 0 Å². The van der Waals surface area contributed by atoms with Gasteiger partial charge in [0, 0.05) is 18.8 Å². The van der Waals surface area contributed by atoms with Crippen molar-refractivity contribution >= 4 is 11.6 Å². The number of aryl methyl sites for hydroxylation is 2. The number of rotatable bonds is 1. The van der Waals surface area contributed by atoms with Crippen LogP contribution in [-0.2, 0) is 4.79 Å². The normalized spacial score (nSPS) is 23.3. The maximum Gasteiger partial charge on any atom is 0.243 e. The summed E-state index contributed by atoms with van der Waals surface area (Å²) >= 11 is 0. The van der Waals surface area contributed by atoms with E-state index in [9.17, 15) is 4.79 Å². The van der Waals surface area contributed by atoms with E-state index in [-0.39, 0.29) is 17.4 Å². The second kappa shape index (κ2) is 4.97. The first-order chi connectivity index (χ1) is 8.80. The molecule has 1 amide bonds. The maximum absolute atomic E-state index is 12.5. The molecule has 0 spiro atoms. The van der Waals surface area contributed by atoms with E-state index in [1.165, 1.54) is 11.1 Å². The summed E-state index contributed by atoms with van der Waals surface area (Å²) in [6.07, 6.45) is 0. The van der Waals surface area contributed by atoms with Crippen LogP contribution in [0.2, 0.25) is 0 Å². The largest absolute Gasteiger partial charge is 0.310 e. The fraction of sp³-hybridized carbons (Fsp3) is 0.562. The van der Waals surface area contributed by atoms with E-state index < -0.39 is 0 Å². The minimum atomic E-state index is -0.123. The quantitative estimate of drug-likeness (QED) is 0.842. The third-order valence-electron chi connectivity index (χ3n) is 3.75. The molecule has 1 aliphatic heterocycles. The number of hydrogen-bond acceptors (Lipinski definition) is 2. The van der Waals surface area contributed by atoms with Gasteiger partial charge in [-0.05, 0) is 37.8 Å². The number of carbonyl (C=O) groups is 1. The van der Waals surface area contributed by atoms with Gasteiger partial charge in [-0.15, -0.1) is 0 Å². The van der Waals surface area contributed by atoms with E-state index in [0.717, 1.165) is 18.8 Å². The van der Waals surface area contributed by atoms with Crippen LogP contribution in [0.3, 0.4) is 0 Å². The lowest BCUT2D eigenvalue weighted by Crippen LogP contribution is -2.42. The van der Waals surface area contributed by atoms with Crippen LogP contribution in [0, 0.1) is 19.3 Å². The van der Waals surface area contributed by atoms with Gasteiger partial charge in [0.1, 0.15) is 0 Å². The van der Waals surface area contributed by atoms with Crippen LogP contribution in [0.4, 0.5) is 5.69 Å². The molecule has 1 aromatic carbocycles. The van der Waals surface area contributed by atoms with Gasteiger partial charge in [-0.25, -0.2) is 0 Å². The van der Waals surface area contributed by atoms with Crippen LogP contribution < -0.4 is 10.2 Å². The smallest absolute Gasteiger partial charge is 0.243 e. The van der Waals surface area contributed by atoms with E-state index in [1.807, 2.05) is 11.8 Å². The van der Waals surface area contributed by atoms with Crippen molar-refractivity contribution in [1.29, 1.82) is 0 Å². The average Bonchev–Trinajstić information content (AvgIpc) is 2.41. The molecule has 1 aromatic rings. The Bertz CT molecular complexity index is 494. The molecule has 0 aromatic heterocycles. The van der Waals surface area contributed by atoms with E-state index in [4.69, 9.17) is 0 Å². The number of hydrogen-bond donors (Lipinski definition) is 1. The zero-order valence-corrected chi connectivity index (χ0v) is 12.6. The highest BCUT2D eigenvalue weighted by atomic mass is 16.2. The third kappa shape index (κ3) is 2.98. The Kier molecular flexibility index (Phi) is 3.68. The molecule has 1 saturated heterocycles. The summed E-state index contributed by atoms with van der Waals surface area (Å²) in [5, 5.41) is 3.32. The van der Waals surface area contributed by atoms with Gasteiger partial charge in [-0.2, -0.15) is 0 Å². The van der Waals surface area contributed by atoms with Crippen LogP contribution >= 0.6 is 0 Å². The first-order valence-corrected chi connectivity index (χ1v) is 6.92. The molecule has 1 heterocycles. The Balaban J connectivity index is 2.41. The average molecular weight is 260 g/mol. The highest BCUT2D eigenvalue weighted by molar-refractivity contribution is 5.98. The first kappa shape index (κ1) is 14.1. The molecule has 1 atom stereocenters. The van der Waals surface area contributed by atoms with Crippen LogP contribution in [0.15, 0.2) is 18.2 Å². The van der Waals surface area contributed by atoms with Crippen LogP contribution in [0.25, 0.3) is 0 Å². The molecule has 104 valence electrons. The predicted molar refractivity (Wildman–Crippen MR) is 79.5 cm³/mol. The Labute approximate surface area is 116 Å². The molecule has 0 bridgehead atoms. The van der Waals surface area contributed by atoms with Gasteiger partial charge in [0.05, 0.1) is 6.04 Å². The zero-order valence-electron chi connectivity index (χ0n) is 12.6. The van der Waals surface area contributed by atoms with E-state index in [0.29, 0.717) is 0 Å². The first-order valence-electron chi connectivity index (χ1n) is 6.92. The molecule has 2 rings (SSSR count). The second-order valence-electron chi connectivity index (χ2n) is 6.48. The summed E-state index contributed by atoms with van der Waals surface area (Å²) in [6, 6.07) is 6.16. The van der Waals surface area contributed by atoms with Crippen LogP contribution in [0.1, 0.15) is 31.9 Å². The molecule has 1 N–H and O–H groups in total. The Morgan fingerprint density at radius 3 is 2.63 bits per heavy atom. The van der Waals surface area contributed by atoms with E-state index >= 15 is 0 Å². The van der Waals surface area contributed by atoms with Crippen molar-refractivity contribution in [3.8, 4) is 0 Å². The van der Waals surface area contributed by atoms with Gasteiger partial charge in [0.2, 0.25) is 5.91 Å². The Morgan fingerprint density at radius 2 is 2.00 bits per heavy atom. The molecular weight excluding hydrogens is 236 g/mol. The molecule has 3 heteroatoms. The van der Waals surface area contributed by atoms with Gasteiger partial charge < -0.3 is 10.2 Å². The van der Waals surface area contributed by atoms with Crippen molar-refractivity contribution in [1.82, 2.24) is 5.32 Å². The number of benzene rings is 1. The minimum absolute atomic E-state index is 0.0811.